The molecule has 0 bridgehead atoms. The van der Waals surface area contributed by atoms with E-state index in [0.29, 0.717) is 21.7 Å². The Labute approximate surface area is 163 Å². The molecule has 0 spiro atoms. The number of hydrogen-bond acceptors (Lipinski definition) is 5. The summed E-state index contributed by atoms with van der Waals surface area (Å²) in [5.74, 6) is -0.255. The number of esters is 1. The molecule has 0 aliphatic carbocycles. The second-order valence-electron chi connectivity index (χ2n) is 5.58. The van der Waals surface area contributed by atoms with Gasteiger partial charge in [-0.05, 0) is 38.1 Å². The van der Waals surface area contributed by atoms with Crippen molar-refractivity contribution in [1.82, 2.24) is 9.61 Å². The molecule has 2 heterocycles. The van der Waals surface area contributed by atoms with E-state index in [9.17, 15) is 9.59 Å². The van der Waals surface area contributed by atoms with E-state index in [2.05, 4.69) is 21.0 Å². The van der Waals surface area contributed by atoms with Crippen LogP contribution in [0, 0.1) is 6.92 Å². The number of rotatable bonds is 6. The molecule has 2 aromatic heterocycles. The van der Waals surface area contributed by atoms with Gasteiger partial charge in [0, 0.05) is 15.7 Å². The molecular weight excluding hydrogens is 416 g/mol. The van der Waals surface area contributed by atoms with Crippen LogP contribution in [0.1, 0.15) is 33.3 Å². The molecule has 0 atom stereocenters. The zero-order valence-electron chi connectivity index (χ0n) is 14.4. The fraction of sp³-hybridized carbons (Fsp3) is 0.211. The van der Waals surface area contributed by atoms with E-state index in [1.807, 2.05) is 37.3 Å². The lowest BCUT2D eigenvalue weighted by Crippen LogP contribution is -2.07. The Morgan fingerprint density at radius 3 is 2.62 bits per heavy atom. The lowest BCUT2D eigenvalue weighted by atomic mass is 10.2. The van der Waals surface area contributed by atoms with Gasteiger partial charge in [0.25, 0.3) is 0 Å². The summed E-state index contributed by atoms with van der Waals surface area (Å²) >= 11 is 4.60. The van der Waals surface area contributed by atoms with Crippen molar-refractivity contribution in [2.75, 3.05) is 12.4 Å². The Morgan fingerprint density at radius 1 is 1.19 bits per heavy atom. The molecular formula is C19H17BrN2O3S. The quantitative estimate of drug-likeness (QED) is 0.324. The molecule has 0 fully saturated rings. The third-order valence-corrected chi connectivity index (χ3v) is 5.29. The van der Waals surface area contributed by atoms with Gasteiger partial charge in [-0.15, -0.1) is 0 Å². The van der Waals surface area contributed by atoms with Crippen molar-refractivity contribution in [3.8, 4) is 0 Å². The van der Waals surface area contributed by atoms with Gasteiger partial charge in [-0.1, -0.05) is 45.9 Å². The summed E-state index contributed by atoms with van der Waals surface area (Å²) in [6.07, 6.45) is 0. The molecule has 26 heavy (non-hydrogen) atoms. The molecule has 5 nitrogen and oxygen atoms in total. The molecule has 0 unspecified atom stereocenters. The van der Waals surface area contributed by atoms with E-state index in [-0.39, 0.29) is 18.1 Å². The Kier molecular flexibility index (Phi) is 5.78. The Balaban J connectivity index is 1.90. The zero-order chi connectivity index (χ0) is 18.7. The van der Waals surface area contributed by atoms with Crippen LogP contribution in [0.15, 0.2) is 52.0 Å². The van der Waals surface area contributed by atoms with E-state index in [0.717, 1.165) is 10.2 Å². The largest absolute Gasteiger partial charge is 0.462 e. The van der Waals surface area contributed by atoms with Crippen LogP contribution in [0.2, 0.25) is 0 Å². The van der Waals surface area contributed by atoms with Crippen LogP contribution in [0.4, 0.5) is 0 Å². The van der Waals surface area contributed by atoms with Gasteiger partial charge in [0.1, 0.15) is 10.6 Å². The van der Waals surface area contributed by atoms with E-state index in [4.69, 9.17) is 4.74 Å². The molecule has 3 rings (SSSR count). The highest BCUT2D eigenvalue weighted by Gasteiger charge is 2.22. The maximum Gasteiger partial charge on any atom is 0.343 e. The summed E-state index contributed by atoms with van der Waals surface area (Å²) in [4.78, 5) is 24.9. The molecule has 0 radical (unpaired) electrons. The predicted molar refractivity (Wildman–Crippen MR) is 105 cm³/mol. The van der Waals surface area contributed by atoms with E-state index in [1.165, 1.54) is 11.8 Å². The summed E-state index contributed by atoms with van der Waals surface area (Å²) in [6, 6.07) is 12.8. The number of carbonyl (C=O) groups excluding carboxylic acids is 2. The average molecular weight is 433 g/mol. The molecule has 0 aliphatic rings. The molecule has 0 amide bonds. The van der Waals surface area contributed by atoms with E-state index < -0.39 is 5.97 Å². The summed E-state index contributed by atoms with van der Waals surface area (Å²) < 4.78 is 7.81. The van der Waals surface area contributed by atoms with Crippen molar-refractivity contribution < 1.29 is 14.3 Å². The molecule has 0 saturated heterocycles. The van der Waals surface area contributed by atoms with E-state index in [1.54, 1.807) is 23.6 Å². The highest BCUT2D eigenvalue weighted by atomic mass is 79.9. The number of Topliss-reactive ketones (excluding diaryl/α,β-unsaturated/α-hetero) is 1. The van der Waals surface area contributed by atoms with Crippen molar-refractivity contribution in [1.29, 1.82) is 0 Å². The normalized spacial score (nSPS) is 10.9. The highest BCUT2D eigenvalue weighted by Crippen LogP contribution is 2.28. The first kappa shape index (κ1) is 18.7. The number of ketones is 1. The summed E-state index contributed by atoms with van der Waals surface area (Å²) in [7, 11) is 0. The third kappa shape index (κ3) is 3.83. The number of thioether (sulfide) groups is 1. The first-order valence-electron chi connectivity index (χ1n) is 8.08. The Bertz CT molecular complexity index is 967. The molecule has 0 N–H and O–H groups in total. The Hall–Kier alpha value is -2.12. The van der Waals surface area contributed by atoms with Crippen LogP contribution in [0.5, 0.6) is 0 Å². The summed E-state index contributed by atoms with van der Waals surface area (Å²) in [5, 5.41) is 5.02. The molecule has 134 valence electrons. The minimum atomic E-state index is -0.424. The molecule has 7 heteroatoms. The minimum Gasteiger partial charge on any atom is -0.462 e. The van der Waals surface area contributed by atoms with E-state index >= 15 is 0 Å². The van der Waals surface area contributed by atoms with Crippen molar-refractivity contribution in [2.24, 2.45) is 0 Å². The predicted octanol–water partition coefficient (Wildman–Crippen LogP) is 4.56. The maximum absolute atomic E-state index is 12.4. The number of ether oxygens (including phenoxy) is 1. The first-order chi connectivity index (χ1) is 12.5. The van der Waals surface area contributed by atoms with Crippen LogP contribution in [-0.2, 0) is 4.74 Å². The van der Waals surface area contributed by atoms with Gasteiger partial charge >= 0.3 is 5.97 Å². The van der Waals surface area contributed by atoms with Crippen LogP contribution < -0.4 is 0 Å². The average Bonchev–Trinajstić information content (AvgIpc) is 3.00. The summed E-state index contributed by atoms with van der Waals surface area (Å²) in [6.45, 7) is 3.96. The number of hydrogen-bond donors (Lipinski definition) is 0. The van der Waals surface area contributed by atoms with Gasteiger partial charge in [-0.25, -0.2) is 9.31 Å². The monoisotopic (exact) mass is 432 g/mol. The molecule has 1 aromatic carbocycles. The maximum atomic E-state index is 12.4. The number of pyridine rings is 1. The number of nitrogens with zero attached hydrogens (tertiary/aromatic N) is 2. The molecule has 0 aliphatic heterocycles. The van der Waals surface area contributed by atoms with Crippen molar-refractivity contribution in [3.05, 3.63) is 63.8 Å². The highest BCUT2D eigenvalue weighted by molar-refractivity contribution is 9.10. The fourth-order valence-electron chi connectivity index (χ4n) is 2.53. The lowest BCUT2D eigenvalue weighted by Gasteiger charge is -2.03. The van der Waals surface area contributed by atoms with Gasteiger partial charge in [-0.3, -0.25) is 4.79 Å². The zero-order valence-corrected chi connectivity index (χ0v) is 16.8. The van der Waals surface area contributed by atoms with Gasteiger partial charge in [0.15, 0.2) is 5.78 Å². The first-order valence-corrected chi connectivity index (χ1v) is 9.86. The standard InChI is InChI=1S/C19H17BrN2O3S/c1-3-25-19(24)17-15-6-4-5-12(2)22(15)21-18(17)26-11-16(23)13-7-9-14(20)10-8-13/h4-10H,3,11H2,1-2H3. The third-order valence-electron chi connectivity index (χ3n) is 3.80. The van der Waals surface area contributed by atoms with Crippen molar-refractivity contribution >= 4 is 45.0 Å². The topological polar surface area (TPSA) is 60.7 Å². The molecule has 0 saturated carbocycles. The van der Waals surface area contributed by atoms with Crippen molar-refractivity contribution in [3.63, 3.8) is 0 Å². The number of halogens is 1. The van der Waals surface area contributed by atoms with Crippen LogP contribution >= 0.6 is 27.7 Å². The molecule has 3 aromatic rings. The lowest BCUT2D eigenvalue weighted by molar-refractivity contribution is 0.0524. The van der Waals surface area contributed by atoms with Gasteiger partial charge in [-0.2, -0.15) is 5.10 Å². The Morgan fingerprint density at radius 2 is 1.92 bits per heavy atom. The SMILES string of the molecule is CCOC(=O)c1c(SCC(=O)c2ccc(Br)cc2)nn2c(C)cccc12. The number of aromatic nitrogens is 2. The number of fused-ring (bicyclic) bond motifs is 1. The number of benzene rings is 1. The van der Waals surface area contributed by atoms with Crippen LogP contribution in [0.25, 0.3) is 5.52 Å². The van der Waals surface area contributed by atoms with Crippen LogP contribution in [-0.4, -0.2) is 33.7 Å². The fourth-order valence-corrected chi connectivity index (χ4v) is 3.70. The van der Waals surface area contributed by atoms with Gasteiger partial charge < -0.3 is 4.74 Å². The smallest absolute Gasteiger partial charge is 0.343 e. The number of aryl methyl sites for hydroxylation is 1. The second-order valence-corrected chi connectivity index (χ2v) is 7.46. The summed E-state index contributed by atoms with van der Waals surface area (Å²) in [5.41, 5.74) is 2.61. The van der Waals surface area contributed by atoms with Gasteiger partial charge in [0.05, 0.1) is 17.9 Å². The number of carbonyl (C=O) groups is 2. The van der Waals surface area contributed by atoms with Gasteiger partial charge in [0.2, 0.25) is 0 Å². The van der Waals surface area contributed by atoms with Crippen LogP contribution in [0.3, 0.4) is 0 Å². The van der Waals surface area contributed by atoms with Crippen molar-refractivity contribution in [2.45, 2.75) is 18.9 Å². The minimum absolute atomic E-state index is 0.0221. The second kappa shape index (κ2) is 8.05.